The molecule has 2 aromatic carbocycles. The minimum atomic E-state index is 0.612. The SMILES string of the molecule is COc1cc(-n2nc3ccccc3n2)c(C)cc1N. The monoisotopic (exact) mass is 254 g/mol. The normalized spacial score (nSPS) is 10.8. The molecule has 0 aliphatic rings. The van der Waals surface area contributed by atoms with Crippen molar-refractivity contribution in [1.29, 1.82) is 0 Å². The lowest BCUT2D eigenvalue weighted by Crippen LogP contribution is -2.03. The van der Waals surface area contributed by atoms with Crippen molar-refractivity contribution in [3.63, 3.8) is 0 Å². The van der Waals surface area contributed by atoms with Crippen LogP contribution < -0.4 is 10.5 Å². The Morgan fingerprint density at radius 2 is 1.74 bits per heavy atom. The molecule has 19 heavy (non-hydrogen) atoms. The van der Waals surface area contributed by atoms with Crippen molar-refractivity contribution in [3.05, 3.63) is 42.0 Å². The number of fused-ring (bicyclic) bond motifs is 1. The summed E-state index contributed by atoms with van der Waals surface area (Å²) in [6.07, 6.45) is 0. The Bertz CT molecular complexity index is 715. The molecule has 0 aliphatic carbocycles. The Balaban J connectivity index is 2.20. The van der Waals surface area contributed by atoms with Crippen molar-refractivity contribution in [2.24, 2.45) is 0 Å². The molecule has 3 rings (SSSR count). The molecule has 0 spiro atoms. The van der Waals surface area contributed by atoms with Gasteiger partial charge in [-0.1, -0.05) is 12.1 Å². The number of ether oxygens (including phenoxy) is 1. The van der Waals surface area contributed by atoms with Crippen LogP contribution in [0.4, 0.5) is 5.69 Å². The molecule has 0 saturated carbocycles. The lowest BCUT2D eigenvalue weighted by molar-refractivity contribution is 0.416. The summed E-state index contributed by atoms with van der Waals surface area (Å²) in [5.74, 6) is 0.627. The van der Waals surface area contributed by atoms with Gasteiger partial charge < -0.3 is 10.5 Å². The highest BCUT2D eigenvalue weighted by molar-refractivity contribution is 5.73. The first-order chi connectivity index (χ1) is 9.19. The highest BCUT2D eigenvalue weighted by Gasteiger charge is 2.10. The standard InChI is InChI=1S/C14H14N4O/c1-9-7-10(15)14(19-2)8-13(9)18-16-11-5-3-4-6-12(11)17-18/h3-8H,15H2,1-2H3. The van der Waals surface area contributed by atoms with E-state index in [1.54, 1.807) is 11.9 Å². The molecule has 1 heterocycles. The Hall–Kier alpha value is -2.56. The molecule has 0 atom stereocenters. The molecule has 96 valence electrons. The molecule has 2 N–H and O–H groups in total. The average Bonchev–Trinajstić information content (AvgIpc) is 2.82. The van der Waals surface area contributed by atoms with Gasteiger partial charge in [0.1, 0.15) is 16.8 Å². The van der Waals surface area contributed by atoms with Crippen LogP contribution in [-0.2, 0) is 0 Å². The predicted molar refractivity (Wildman–Crippen MR) is 74.6 cm³/mol. The van der Waals surface area contributed by atoms with Gasteiger partial charge in [0.2, 0.25) is 0 Å². The van der Waals surface area contributed by atoms with E-state index in [1.807, 2.05) is 43.3 Å². The molecule has 0 radical (unpaired) electrons. The summed E-state index contributed by atoms with van der Waals surface area (Å²) in [6.45, 7) is 1.97. The fraction of sp³-hybridized carbons (Fsp3) is 0.143. The van der Waals surface area contributed by atoms with E-state index >= 15 is 0 Å². The minimum Gasteiger partial charge on any atom is -0.495 e. The summed E-state index contributed by atoms with van der Waals surface area (Å²) < 4.78 is 5.24. The van der Waals surface area contributed by atoms with Crippen LogP contribution in [0.25, 0.3) is 16.7 Å². The number of benzene rings is 2. The number of rotatable bonds is 2. The number of aryl methyl sites for hydroxylation is 1. The third-order valence-corrected chi connectivity index (χ3v) is 3.05. The van der Waals surface area contributed by atoms with E-state index < -0.39 is 0 Å². The van der Waals surface area contributed by atoms with Crippen LogP contribution in [0.15, 0.2) is 36.4 Å². The topological polar surface area (TPSA) is 66.0 Å². The second kappa shape index (κ2) is 4.28. The molecule has 3 aromatic rings. The lowest BCUT2D eigenvalue weighted by atomic mass is 10.1. The van der Waals surface area contributed by atoms with Gasteiger partial charge in [-0.15, -0.1) is 10.2 Å². The molecule has 5 nitrogen and oxygen atoms in total. The fourth-order valence-corrected chi connectivity index (χ4v) is 2.06. The number of hydrogen-bond acceptors (Lipinski definition) is 4. The van der Waals surface area contributed by atoms with Crippen molar-refractivity contribution >= 4 is 16.7 Å². The number of nitrogen functional groups attached to an aromatic ring is 1. The van der Waals surface area contributed by atoms with Gasteiger partial charge in [-0.3, -0.25) is 0 Å². The van der Waals surface area contributed by atoms with E-state index in [4.69, 9.17) is 10.5 Å². The molecule has 0 bridgehead atoms. The Kier molecular flexibility index (Phi) is 2.59. The summed E-state index contributed by atoms with van der Waals surface area (Å²) in [5.41, 5.74) is 10.1. The van der Waals surface area contributed by atoms with Gasteiger partial charge in [0.05, 0.1) is 18.5 Å². The molecule has 0 unspecified atom stereocenters. The van der Waals surface area contributed by atoms with Crippen molar-refractivity contribution in [2.45, 2.75) is 6.92 Å². The van der Waals surface area contributed by atoms with E-state index in [9.17, 15) is 0 Å². The molecular formula is C14H14N4O. The van der Waals surface area contributed by atoms with Crippen molar-refractivity contribution in [1.82, 2.24) is 15.0 Å². The Labute approximate surface area is 110 Å². The first-order valence-electron chi connectivity index (χ1n) is 5.95. The maximum absolute atomic E-state index is 5.88. The van der Waals surface area contributed by atoms with Crippen LogP contribution in [0.2, 0.25) is 0 Å². The summed E-state index contributed by atoms with van der Waals surface area (Å²) >= 11 is 0. The second-order valence-electron chi connectivity index (χ2n) is 4.36. The maximum atomic E-state index is 5.88. The number of hydrogen-bond donors (Lipinski definition) is 1. The number of aromatic nitrogens is 3. The van der Waals surface area contributed by atoms with Crippen molar-refractivity contribution < 1.29 is 4.74 Å². The molecular weight excluding hydrogens is 240 g/mol. The molecule has 0 fully saturated rings. The third kappa shape index (κ3) is 1.89. The number of methoxy groups -OCH3 is 1. The predicted octanol–water partition coefficient (Wildman–Crippen LogP) is 2.32. The van der Waals surface area contributed by atoms with E-state index in [1.165, 1.54) is 0 Å². The molecule has 0 aliphatic heterocycles. The Morgan fingerprint density at radius 1 is 1.11 bits per heavy atom. The number of anilines is 1. The summed E-state index contributed by atoms with van der Waals surface area (Å²) in [7, 11) is 1.60. The average molecular weight is 254 g/mol. The number of nitrogens with two attached hydrogens (primary N) is 1. The zero-order valence-corrected chi connectivity index (χ0v) is 10.8. The van der Waals surface area contributed by atoms with Crippen LogP contribution in [0.1, 0.15) is 5.56 Å². The van der Waals surface area contributed by atoms with Crippen LogP contribution in [0.3, 0.4) is 0 Å². The van der Waals surface area contributed by atoms with Crippen molar-refractivity contribution in [2.75, 3.05) is 12.8 Å². The molecule has 0 saturated heterocycles. The van der Waals surface area contributed by atoms with E-state index in [-0.39, 0.29) is 0 Å². The van der Waals surface area contributed by atoms with Gasteiger partial charge >= 0.3 is 0 Å². The van der Waals surface area contributed by atoms with E-state index in [0.29, 0.717) is 11.4 Å². The maximum Gasteiger partial charge on any atom is 0.143 e. The first kappa shape index (κ1) is 11.5. The van der Waals surface area contributed by atoms with Gasteiger partial charge in [0.15, 0.2) is 0 Å². The minimum absolute atomic E-state index is 0.612. The van der Waals surface area contributed by atoms with E-state index in [2.05, 4.69) is 10.2 Å². The largest absolute Gasteiger partial charge is 0.495 e. The fourth-order valence-electron chi connectivity index (χ4n) is 2.06. The third-order valence-electron chi connectivity index (χ3n) is 3.05. The van der Waals surface area contributed by atoms with Gasteiger partial charge in [-0.25, -0.2) is 0 Å². The summed E-state index contributed by atoms with van der Waals surface area (Å²) in [4.78, 5) is 1.61. The zero-order chi connectivity index (χ0) is 13.4. The molecule has 5 heteroatoms. The Morgan fingerprint density at radius 3 is 2.32 bits per heavy atom. The summed E-state index contributed by atoms with van der Waals surface area (Å²) in [5, 5.41) is 8.92. The first-order valence-corrected chi connectivity index (χ1v) is 5.95. The quantitative estimate of drug-likeness (QED) is 0.713. The van der Waals surface area contributed by atoms with Gasteiger partial charge in [0.25, 0.3) is 0 Å². The molecule has 1 aromatic heterocycles. The van der Waals surface area contributed by atoms with Crippen LogP contribution in [0, 0.1) is 6.92 Å². The number of nitrogens with zero attached hydrogens (tertiary/aromatic N) is 3. The highest BCUT2D eigenvalue weighted by Crippen LogP contribution is 2.27. The van der Waals surface area contributed by atoms with Crippen LogP contribution >= 0.6 is 0 Å². The highest BCUT2D eigenvalue weighted by atomic mass is 16.5. The second-order valence-corrected chi connectivity index (χ2v) is 4.36. The zero-order valence-electron chi connectivity index (χ0n) is 10.8. The lowest BCUT2D eigenvalue weighted by Gasteiger charge is -2.09. The van der Waals surface area contributed by atoms with Crippen LogP contribution in [-0.4, -0.2) is 22.1 Å². The van der Waals surface area contributed by atoms with Gasteiger partial charge in [-0.2, -0.15) is 4.80 Å². The van der Waals surface area contributed by atoms with Gasteiger partial charge in [-0.05, 0) is 30.7 Å². The smallest absolute Gasteiger partial charge is 0.143 e. The molecule has 0 amide bonds. The van der Waals surface area contributed by atoms with Crippen LogP contribution in [0.5, 0.6) is 5.75 Å². The van der Waals surface area contributed by atoms with Crippen molar-refractivity contribution in [3.8, 4) is 11.4 Å². The van der Waals surface area contributed by atoms with E-state index in [0.717, 1.165) is 22.3 Å². The van der Waals surface area contributed by atoms with Gasteiger partial charge in [0, 0.05) is 6.07 Å². The summed E-state index contributed by atoms with van der Waals surface area (Å²) in [6, 6.07) is 11.5.